The van der Waals surface area contributed by atoms with E-state index in [1.54, 1.807) is 5.57 Å². The Bertz CT molecular complexity index is 225. The number of hydrogen-bond donors (Lipinski definition) is 1. The lowest BCUT2D eigenvalue weighted by Crippen LogP contribution is -2.35. The van der Waals surface area contributed by atoms with E-state index in [1.807, 2.05) is 0 Å². The second kappa shape index (κ2) is 9.04. The first-order chi connectivity index (χ1) is 8.27. The maximum Gasteiger partial charge on any atom is 0.0370 e. The summed E-state index contributed by atoms with van der Waals surface area (Å²) in [5.41, 5.74) is 1.68. The lowest BCUT2D eigenvalue weighted by Gasteiger charge is -2.25. The molecule has 2 atom stereocenters. The van der Waals surface area contributed by atoms with Gasteiger partial charge in [0.15, 0.2) is 0 Å². The third kappa shape index (κ3) is 5.96. The van der Waals surface area contributed by atoms with E-state index in [9.17, 15) is 0 Å². The van der Waals surface area contributed by atoms with Crippen molar-refractivity contribution in [3.63, 3.8) is 0 Å². The van der Waals surface area contributed by atoms with Gasteiger partial charge in [-0.1, -0.05) is 32.4 Å². The van der Waals surface area contributed by atoms with Crippen molar-refractivity contribution in [2.45, 2.75) is 70.6 Å². The Kier molecular flexibility index (Phi) is 8.04. The van der Waals surface area contributed by atoms with Crippen molar-refractivity contribution in [2.24, 2.45) is 0 Å². The Balaban J connectivity index is 2.44. The second-order valence-electron chi connectivity index (χ2n) is 5.08. The van der Waals surface area contributed by atoms with E-state index in [1.165, 1.54) is 44.3 Å². The van der Waals surface area contributed by atoms with Gasteiger partial charge in [0.25, 0.3) is 0 Å². The van der Waals surface area contributed by atoms with E-state index in [-0.39, 0.29) is 0 Å². The largest absolute Gasteiger partial charge is 0.310 e. The Hall–Kier alpha value is 0.0500. The first kappa shape index (κ1) is 15.1. The molecule has 0 aliphatic heterocycles. The van der Waals surface area contributed by atoms with Crippen molar-refractivity contribution >= 4 is 11.8 Å². The molecule has 1 rings (SSSR count). The van der Waals surface area contributed by atoms with E-state index in [0.717, 1.165) is 11.8 Å². The summed E-state index contributed by atoms with van der Waals surface area (Å²) in [6.07, 6.45) is 10.4. The van der Waals surface area contributed by atoms with Gasteiger partial charge < -0.3 is 5.32 Å². The molecule has 2 heteroatoms. The smallest absolute Gasteiger partial charge is 0.0370 e. The molecule has 0 aromatic carbocycles. The standard InChI is InChI=1S/C15H29NS/c1-4-11-16-15(12-17-13(3)5-2)14-9-7-6-8-10-14/h9,13,15-16H,4-8,10-12H2,1-3H3. The average Bonchev–Trinajstić information content (AvgIpc) is 2.39. The Morgan fingerprint density at radius 2 is 2.18 bits per heavy atom. The molecule has 0 spiro atoms. The molecule has 1 aliphatic rings. The summed E-state index contributed by atoms with van der Waals surface area (Å²) < 4.78 is 0. The third-order valence-corrected chi connectivity index (χ3v) is 4.96. The summed E-state index contributed by atoms with van der Waals surface area (Å²) in [6, 6.07) is 0.634. The molecule has 0 amide bonds. The van der Waals surface area contributed by atoms with Crippen LogP contribution in [-0.2, 0) is 0 Å². The van der Waals surface area contributed by atoms with Gasteiger partial charge in [0.05, 0.1) is 0 Å². The van der Waals surface area contributed by atoms with Crippen molar-refractivity contribution in [3.8, 4) is 0 Å². The van der Waals surface area contributed by atoms with Gasteiger partial charge in [0.1, 0.15) is 0 Å². The van der Waals surface area contributed by atoms with Gasteiger partial charge in [-0.15, -0.1) is 0 Å². The molecule has 17 heavy (non-hydrogen) atoms. The van der Waals surface area contributed by atoms with E-state index in [4.69, 9.17) is 0 Å². The van der Waals surface area contributed by atoms with Gasteiger partial charge in [-0.2, -0.15) is 11.8 Å². The van der Waals surface area contributed by atoms with E-state index in [0.29, 0.717) is 6.04 Å². The summed E-state index contributed by atoms with van der Waals surface area (Å²) in [6.45, 7) is 8.03. The highest BCUT2D eigenvalue weighted by Crippen LogP contribution is 2.24. The lowest BCUT2D eigenvalue weighted by atomic mass is 9.94. The Labute approximate surface area is 112 Å². The van der Waals surface area contributed by atoms with Crippen LogP contribution >= 0.6 is 11.8 Å². The molecule has 1 nitrogen and oxygen atoms in total. The maximum atomic E-state index is 3.73. The highest BCUT2D eigenvalue weighted by molar-refractivity contribution is 7.99. The van der Waals surface area contributed by atoms with Crippen LogP contribution in [-0.4, -0.2) is 23.6 Å². The predicted octanol–water partition coefficient (Wildman–Crippen LogP) is 4.39. The molecule has 0 radical (unpaired) electrons. The third-order valence-electron chi connectivity index (χ3n) is 3.54. The van der Waals surface area contributed by atoms with Crippen LogP contribution in [0, 0.1) is 0 Å². The first-order valence-electron chi connectivity index (χ1n) is 7.31. The van der Waals surface area contributed by atoms with Crippen LogP contribution in [0.5, 0.6) is 0 Å². The fraction of sp³-hybridized carbons (Fsp3) is 0.867. The van der Waals surface area contributed by atoms with Crippen molar-refractivity contribution in [2.75, 3.05) is 12.3 Å². The van der Waals surface area contributed by atoms with Gasteiger partial charge >= 0.3 is 0 Å². The lowest BCUT2D eigenvalue weighted by molar-refractivity contribution is 0.562. The van der Waals surface area contributed by atoms with Crippen molar-refractivity contribution in [3.05, 3.63) is 11.6 Å². The molecule has 0 fully saturated rings. The zero-order valence-corrected chi connectivity index (χ0v) is 12.6. The van der Waals surface area contributed by atoms with Gasteiger partial charge in [-0.3, -0.25) is 0 Å². The van der Waals surface area contributed by atoms with Crippen LogP contribution in [0.25, 0.3) is 0 Å². The number of hydrogen-bond acceptors (Lipinski definition) is 2. The normalized spacial score (nSPS) is 19.8. The Morgan fingerprint density at radius 3 is 2.76 bits per heavy atom. The molecule has 0 bridgehead atoms. The molecule has 1 aliphatic carbocycles. The van der Waals surface area contributed by atoms with Gasteiger partial charge in [0, 0.05) is 17.0 Å². The first-order valence-corrected chi connectivity index (χ1v) is 8.36. The van der Waals surface area contributed by atoms with Crippen molar-refractivity contribution < 1.29 is 0 Å². The molecular formula is C15H29NS. The fourth-order valence-electron chi connectivity index (χ4n) is 2.17. The molecular weight excluding hydrogens is 226 g/mol. The summed E-state index contributed by atoms with van der Waals surface area (Å²) >= 11 is 2.13. The fourth-order valence-corrected chi connectivity index (χ4v) is 3.26. The minimum absolute atomic E-state index is 0.634. The van der Waals surface area contributed by atoms with Crippen LogP contribution in [0.3, 0.4) is 0 Å². The number of nitrogens with one attached hydrogen (secondary N) is 1. The predicted molar refractivity (Wildman–Crippen MR) is 80.8 cm³/mol. The van der Waals surface area contributed by atoms with Crippen molar-refractivity contribution in [1.29, 1.82) is 0 Å². The minimum Gasteiger partial charge on any atom is -0.310 e. The molecule has 0 saturated carbocycles. The molecule has 0 heterocycles. The molecule has 2 unspecified atom stereocenters. The van der Waals surface area contributed by atoms with Gasteiger partial charge in [-0.25, -0.2) is 0 Å². The van der Waals surface area contributed by atoms with Crippen molar-refractivity contribution in [1.82, 2.24) is 5.32 Å². The second-order valence-corrected chi connectivity index (χ2v) is 6.56. The average molecular weight is 255 g/mol. The molecule has 1 N–H and O–H groups in total. The Morgan fingerprint density at radius 1 is 1.35 bits per heavy atom. The molecule has 100 valence electrons. The summed E-state index contributed by atoms with van der Waals surface area (Å²) in [5, 5.41) is 4.53. The molecule has 0 aromatic heterocycles. The van der Waals surface area contributed by atoms with E-state index >= 15 is 0 Å². The number of thioether (sulfide) groups is 1. The van der Waals surface area contributed by atoms with E-state index in [2.05, 4.69) is 43.9 Å². The highest BCUT2D eigenvalue weighted by Gasteiger charge is 2.16. The maximum absolute atomic E-state index is 3.73. The topological polar surface area (TPSA) is 12.0 Å². The summed E-state index contributed by atoms with van der Waals surface area (Å²) in [7, 11) is 0. The molecule has 0 aromatic rings. The number of allylic oxidation sites excluding steroid dienone is 1. The van der Waals surface area contributed by atoms with Crippen LogP contribution < -0.4 is 5.32 Å². The van der Waals surface area contributed by atoms with Gasteiger partial charge in [-0.05, 0) is 45.1 Å². The SMILES string of the molecule is CCCNC(CSC(C)CC)C1=CCCCC1. The van der Waals surface area contributed by atoms with Crippen LogP contribution in [0.15, 0.2) is 11.6 Å². The monoisotopic (exact) mass is 255 g/mol. The highest BCUT2D eigenvalue weighted by atomic mass is 32.2. The summed E-state index contributed by atoms with van der Waals surface area (Å²) in [4.78, 5) is 0. The minimum atomic E-state index is 0.634. The summed E-state index contributed by atoms with van der Waals surface area (Å²) in [5.74, 6) is 1.25. The van der Waals surface area contributed by atoms with Crippen LogP contribution in [0.2, 0.25) is 0 Å². The van der Waals surface area contributed by atoms with Crippen LogP contribution in [0.4, 0.5) is 0 Å². The number of rotatable bonds is 8. The van der Waals surface area contributed by atoms with Crippen LogP contribution in [0.1, 0.15) is 59.3 Å². The zero-order valence-electron chi connectivity index (χ0n) is 11.8. The van der Waals surface area contributed by atoms with E-state index < -0.39 is 0 Å². The molecule has 0 saturated heterocycles. The quantitative estimate of drug-likeness (QED) is 0.646. The van der Waals surface area contributed by atoms with Gasteiger partial charge in [0.2, 0.25) is 0 Å². The zero-order chi connectivity index (χ0) is 12.5.